The first-order valence-electron chi connectivity index (χ1n) is 3.72. The monoisotopic (exact) mass is 202 g/mol. The highest BCUT2D eigenvalue weighted by molar-refractivity contribution is 7.07. The third-order valence-corrected chi connectivity index (χ3v) is 1.28. The molecule has 0 aliphatic carbocycles. The van der Waals surface area contributed by atoms with E-state index in [9.17, 15) is 4.79 Å². The van der Waals surface area contributed by atoms with E-state index in [0.717, 1.165) is 0 Å². The van der Waals surface area contributed by atoms with Crippen molar-refractivity contribution in [2.24, 2.45) is 5.73 Å². The summed E-state index contributed by atoms with van der Waals surface area (Å²) in [5.74, 6) is 0. The summed E-state index contributed by atoms with van der Waals surface area (Å²) < 4.78 is 4.58. The SMILES string of the molecule is CC(C)(C)OC(N)=O.c1cscn1. The van der Waals surface area contributed by atoms with Crippen molar-refractivity contribution in [3.8, 4) is 0 Å². The molecule has 0 bridgehead atoms. The molecule has 0 aliphatic heterocycles. The predicted octanol–water partition coefficient (Wildman–Crippen LogP) is 2.02. The van der Waals surface area contributed by atoms with E-state index in [1.165, 1.54) is 0 Å². The first-order chi connectivity index (χ1) is 5.92. The summed E-state index contributed by atoms with van der Waals surface area (Å²) in [7, 11) is 0. The lowest BCUT2D eigenvalue weighted by molar-refractivity contribution is 0.0600. The molecule has 5 heteroatoms. The Morgan fingerprint density at radius 3 is 2.23 bits per heavy atom. The number of aromatic nitrogens is 1. The number of amides is 1. The first-order valence-corrected chi connectivity index (χ1v) is 4.66. The zero-order chi connectivity index (χ0) is 10.3. The zero-order valence-electron chi connectivity index (χ0n) is 7.98. The standard InChI is InChI=1S/C5H11NO2.C3H3NS/c1-5(2,3)8-4(6)7;1-2-5-3-4-1/h1-3H3,(H2,6,7);1-3H. The Labute approximate surface area is 81.7 Å². The Morgan fingerprint density at radius 2 is 2.15 bits per heavy atom. The molecular formula is C8H14N2O2S. The molecule has 1 heterocycles. The summed E-state index contributed by atoms with van der Waals surface area (Å²) in [5, 5.41) is 1.93. The minimum atomic E-state index is -0.725. The van der Waals surface area contributed by atoms with E-state index in [-0.39, 0.29) is 0 Å². The van der Waals surface area contributed by atoms with E-state index < -0.39 is 11.7 Å². The van der Waals surface area contributed by atoms with Gasteiger partial charge < -0.3 is 10.5 Å². The Kier molecular flexibility index (Phi) is 5.06. The van der Waals surface area contributed by atoms with Gasteiger partial charge in [-0.2, -0.15) is 0 Å². The highest BCUT2D eigenvalue weighted by Gasteiger charge is 2.12. The van der Waals surface area contributed by atoms with Crippen LogP contribution in [0.3, 0.4) is 0 Å². The normalized spacial score (nSPS) is 9.77. The van der Waals surface area contributed by atoms with Crippen molar-refractivity contribution < 1.29 is 9.53 Å². The van der Waals surface area contributed by atoms with Crippen LogP contribution in [-0.4, -0.2) is 16.7 Å². The summed E-state index contributed by atoms with van der Waals surface area (Å²) in [4.78, 5) is 13.8. The van der Waals surface area contributed by atoms with E-state index in [0.29, 0.717) is 0 Å². The van der Waals surface area contributed by atoms with E-state index in [2.05, 4.69) is 9.72 Å². The molecule has 0 atom stereocenters. The largest absolute Gasteiger partial charge is 0.444 e. The molecule has 74 valence electrons. The zero-order valence-corrected chi connectivity index (χ0v) is 8.80. The summed E-state index contributed by atoms with van der Waals surface area (Å²) in [6.45, 7) is 5.28. The van der Waals surface area contributed by atoms with Gasteiger partial charge in [0, 0.05) is 11.6 Å². The average Bonchev–Trinajstić information content (AvgIpc) is 2.33. The van der Waals surface area contributed by atoms with E-state index in [1.54, 1.807) is 43.8 Å². The minimum absolute atomic E-state index is 0.453. The number of hydrogen-bond acceptors (Lipinski definition) is 4. The van der Waals surface area contributed by atoms with Gasteiger partial charge in [-0.1, -0.05) is 0 Å². The smallest absolute Gasteiger partial charge is 0.405 e. The van der Waals surface area contributed by atoms with Crippen LogP contribution in [0.15, 0.2) is 17.1 Å². The van der Waals surface area contributed by atoms with Gasteiger partial charge in [0.2, 0.25) is 0 Å². The fourth-order valence-electron chi connectivity index (χ4n) is 0.477. The van der Waals surface area contributed by atoms with Gasteiger partial charge in [-0.25, -0.2) is 4.79 Å². The minimum Gasteiger partial charge on any atom is -0.444 e. The molecule has 2 N–H and O–H groups in total. The van der Waals surface area contributed by atoms with Crippen LogP contribution in [0.4, 0.5) is 4.79 Å². The topological polar surface area (TPSA) is 65.2 Å². The Hall–Kier alpha value is -1.10. The number of nitrogens with two attached hydrogens (primary N) is 1. The molecule has 0 fully saturated rings. The van der Waals surface area contributed by atoms with Crippen LogP contribution < -0.4 is 5.73 Å². The molecule has 1 amide bonds. The van der Waals surface area contributed by atoms with Gasteiger partial charge in [0.1, 0.15) is 5.60 Å². The molecule has 1 aromatic rings. The number of carbonyl (C=O) groups excluding carboxylic acids is 1. The van der Waals surface area contributed by atoms with E-state index >= 15 is 0 Å². The number of hydrogen-bond donors (Lipinski definition) is 1. The molecule has 13 heavy (non-hydrogen) atoms. The Morgan fingerprint density at radius 1 is 1.54 bits per heavy atom. The lowest BCUT2D eigenvalue weighted by Gasteiger charge is -2.16. The molecule has 0 unspecified atom stereocenters. The first kappa shape index (κ1) is 11.9. The second-order valence-electron chi connectivity index (χ2n) is 3.21. The van der Waals surface area contributed by atoms with Gasteiger partial charge in [-0.15, -0.1) is 11.3 Å². The van der Waals surface area contributed by atoms with Crippen LogP contribution in [0.25, 0.3) is 0 Å². The number of rotatable bonds is 0. The van der Waals surface area contributed by atoms with Crippen LogP contribution >= 0.6 is 11.3 Å². The van der Waals surface area contributed by atoms with Gasteiger partial charge in [0.15, 0.2) is 0 Å². The number of primary amides is 1. The number of carbonyl (C=O) groups is 1. The van der Waals surface area contributed by atoms with Crippen LogP contribution in [0.2, 0.25) is 0 Å². The van der Waals surface area contributed by atoms with Crippen LogP contribution in [-0.2, 0) is 4.74 Å². The summed E-state index contributed by atoms with van der Waals surface area (Å²) in [5.41, 5.74) is 6.06. The van der Waals surface area contributed by atoms with Crippen molar-refractivity contribution in [1.82, 2.24) is 4.98 Å². The summed E-state index contributed by atoms with van der Waals surface area (Å²) >= 11 is 1.60. The molecule has 0 aliphatic rings. The van der Waals surface area contributed by atoms with E-state index in [1.807, 2.05) is 5.38 Å². The van der Waals surface area contributed by atoms with Gasteiger partial charge in [-0.05, 0) is 20.8 Å². The van der Waals surface area contributed by atoms with Crippen molar-refractivity contribution in [2.45, 2.75) is 26.4 Å². The fraction of sp³-hybridized carbons (Fsp3) is 0.500. The van der Waals surface area contributed by atoms with Crippen molar-refractivity contribution in [3.63, 3.8) is 0 Å². The van der Waals surface area contributed by atoms with Crippen LogP contribution in [0.5, 0.6) is 0 Å². The maximum absolute atomic E-state index is 10.0. The highest BCUT2D eigenvalue weighted by atomic mass is 32.1. The average molecular weight is 202 g/mol. The van der Waals surface area contributed by atoms with Crippen molar-refractivity contribution >= 4 is 17.4 Å². The lowest BCUT2D eigenvalue weighted by atomic mass is 10.2. The van der Waals surface area contributed by atoms with Crippen LogP contribution in [0.1, 0.15) is 20.8 Å². The van der Waals surface area contributed by atoms with Gasteiger partial charge in [-0.3, -0.25) is 4.98 Å². The lowest BCUT2D eigenvalue weighted by Crippen LogP contribution is -2.27. The van der Waals surface area contributed by atoms with E-state index in [4.69, 9.17) is 5.73 Å². The molecule has 1 rings (SSSR count). The molecule has 1 aromatic heterocycles. The highest BCUT2D eigenvalue weighted by Crippen LogP contribution is 2.04. The quantitative estimate of drug-likeness (QED) is 0.700. The molecule has 0 saturated carbocycles. The third kappa shape index (κ3) is 10.9. The number of thiazole rings is 1. The maximum Gasteiger partial charge on any atom is 0.405 e. The Balaban J connectivity index is 0.000000243. The summed E-state index contributed by atoms with van der Waals surface area (Å²) in [6, 6.07) is 0. The molecular weight excluding hydrogens is 188 g/mol. The molecule has 0 spiro atoms. The second kappa shape index (κ2) is 5.53. The van der Waals surface area contributed by atoms with Gasteiger partial charge in [0.25, 0.3) is 0 Å². The molecule has 4 nitrogen and oxygen atoms in total. The number of nitrogens with zero attached hydrogens (tertiary/aromatic N) is 1. The van der Waals surface area contributed by atoms with Crippen molar-refractivity contribution in [3.05, 3.63) is 17.1 Å². The van der Waals surface area contributed by atoms with Gasteiger partial charge in [0.05, 0.1) is 5.51 Å². The van der Waals surface area contributed by atoms with Gasteiger partial charge >= 0.3 is 6.09 Å². The molecule has 0 aromatic carbocycles. The second-order valence-corrected chi connectivity index (χ2v) is 3.96. The number of ether oxygens (including phenoxy) is 1. The van der Waals surface area contributed by atoms with Crippen LogP contribution in [0, 0.1) is 0 Å². The molecule has 0 radical (unpaired) electrons. The summed E-state index contributed by atoms with van der Waals surface area (Å²) in [6.07, 6.45) is 1.04. The van der Waals surface area contributed by atoms with Crippen molar-refractivity contribution in [1.29, 1.82) is 0 Å². The fourth-order valence-corrected chi connectivity index (χ4v) is 0.829. The van der Waals surface area contributed by atoms with Crippen molar-refractivity contribution in [2.75, 3.05) is 0 Å². The maximum atomic E-state index is 10.0. The third-order valence-electron chi connectivity index (χ3n) is 0.754. The Bertz CT molecular complexity index is 212. The molecule has 0 saturated heterocycles. The predicted molar refractivity (Wildman–Crippen MR) is 52.5 cm³/mol.